The number of carbonyl (C=O) groups excluding carboxylic acids is 1. The summed E-state index contributed by atoms with van der Waals surface area (Å²) in [6.45, 7) is 2.56. The molecule has 1 aromatic heterocycles. The first kappa shape index (κ1) is 14.3. The maximum absolute atomic E-state index is 12.5. The highest BCUT2D eigenvalue weighted by Gasteiger charge is 2.27. The van der Waals surface area contributed by atoms with Gasteiger partial charge in [-0.25, -0.2) is 4.98 Å². The number of halogens is 1. The Labute approximate surface area is 129 Å². The van der Waals surface area contributed by atoms with Crippen molar-refractivity contribution in [2.75, 3.05) is 26.7 Å². The zero-order chi connectivity index (χ0) is 14.8. The third kappa shape index (κ3) is 3.01. The summed E-state index contributed by atoms with van der Waals surface area (Å²) in [5.74, 6) is 0.546. The van der Waals surface area contributed by atoms with E-state index < -0.39 is 0 Å². The van der Waals surface area contributed by atoms with Gasteiger partial charge in [-0.05, 0) is 44.1 Å². The van der Waals surface area contributed by atoms with Crippen LogP contribution in [-0.2, 0) is 0 Å². The molecule has 0 aliphatic carbocycles. The van der Waals surface area contributed by atoms with Gasteiger partial charge in [-0.15, -0.1) is 0 Å². The van der Waals surface area contributed by atoms with Crippen molar-refractivity contribution in [1.82, 2.24) is 15.2 Å². The summed E-state index contributed by atoms with van der Waals surface area (Å²) < 4.78 is 0. The van der Waals surface area contributed by atoms with Crippen LogP contribution in [0.25, 0.3) is 10.9 Å². The first-order valence-electron chi connectivity index (χ1n) is 7.17. The lowest BCUT2D eigenvalue weighted by molar-refractivity contribution is 0.0782. The molecule has 0 bridgehead atoms. The van der Waals surface area contributed by atoms with Gasteiger partial charge in [0.1, 0.15) is 5.69 Å². The summed E-state index contributed by atoms with van der Waals surface area (Å²) in [5, 5.41) is 4.80. The van der Waals surface area contributed by atoms with Crippen LogP contribution in [0.2, 0.25) is 5.02 Å². The van der Waals surface area contributed by atoms with E-state index in [1.54, 1.807) is 12.1 Å². The fraction of sp³-hybridized carbons (Fsp3) is 0.375. The molecule has 1 aliphatic heterocycles. The lowest BCUT2D eigenvalue weighted by Crippen LogP contribution is -2.30. The van der Waals surface area contributed by atoms with Gasteiger partial charge in [-0.2, -0.15) is 0 Å². The number of likely N-dealkylation sites (tertiary alicyclic amines) is 1. The molecule has 1 N–H and O–H groups in total. The largest absolute Gasteiger partial charge is 0.337 e. The highest BCUT2D eigenvalue weighted by molar-refractivity contribution is 6.31. The van der Waals surface area contributed by atoms with E-state index in [0.29, 0.717) is 16.6 Å². The number of rotatable bonds is 3. The highest BCUT2D eigenvalue weighted by Crippen LogP contribution is 2.21. The maximum Gasteiger partial charge on any atom is 0.272 e. The van der Waals surface area contributed by atoms with Crippen LogP contribution in [0.1, 0.15) is 16.9 Å². The van der Waals surface area contributed by atoms with E-state index in [4.69, 9.17) is 11.6 Å². The summed E-state index contributed by atoms with van der Waals surface area (Å²) >= 11 is 5.99. The van der Waals surface area contributed by atoms with Crippen molar-refractivity contribution in [3.05, 3.63) is 41.0 Å². The van der Waals surface area contributed by atoms with Crippen LogP contribution in [0.3, 0.4) is 0 Å². The topological polar surface area (TPSA) is 45.2 Å². The van der Waals surface area contributed by atoms with Crippen LogP contribution in [0.4, 0.5) is 0 Å². The molecule has 1 fully saturated rings. The fourth-order valence-corrected chi connectivity index (χ4v) is 3.01. The molecular weight excluding hydrogens is 286 g/mol. The molecule has 2 aromatic rings. The molecule has 1 aromatic carbocycles. The summed E-state index contributed by atoms with van der Waals surface area (Å²) in [6.07, 6.45) is 1.05. The smallest absolute Gasteiger partial charge is 0.272 e. The fourth-order valence-electron chi connectivity index (χ4n) is 2.84. The minimum Gasteiger partial charge on any atom is -0.337 e. The van der Waals surface area contributed by atoms with Crippen molar-refractivity contribution in [1.29, 1.82) is 0 Å². The molecule has 1 amide bonds. The Balaban J connectivity index is 1.81. The van der Waals surface area contributed by atoms with Gasteiger partial charge in [0, 0.05) is 23.5 Å². The number of fused-ring (bicyclic) bond motifs is 1. The summed E-state index contributed by atoms with van der Waals surface area (Å²) in [7, 11) is 1.94. The lowest BCUT2D eigenvalue weighted by Gasteiger charge is -2.16. The summed E-state index contributed by atoms with van der Waals surface area (Å²) in [6, 6.07) is 9.26. The van der Waals surface area contributed by atoms with Crippen molar-refractivity contribution in [2.45, 2.75) is 6.42 Å². The number of hydrogen-bond donors (Lipinski definition) is 1. The Kier molecular flexibility index (Phi) is 4.08. The molecule has 1 aliphatic rings. The van der Waals surface area contributed by atoms with Gasteiger partial charge in [-0.1, -0.05) is 23.7 Å². The Hall–Kier alpha value is -1.65. The number of benzene rings is 1. The Morgan fingerprint density at radius 2 is 2.24 bits per heavy atom. The average Bonchev–Trinajstić information content (AvgIpc) is 2.94. The van der Waals surface area contributed by atoms with Crippen molar-refractivity contribution >= 4 is 28.4 Å². The van der Waals surface area contributed by atoms with Crippen molar-refractivity contribution in [3.63, 3.8) is 0 Å². The molecule has 0 spiro atoms. The molecule has 0 saturated carbocycles. The van der Waals surface area contributed by atoms with Crippen molar-refractivity contribution < 1.29 is 4.79 Å². The van der Waals surface area contributed by atoms with E-state index in [9.17, 15) is 4.79 Å². The quantitative estimate of drug-likeness (QED) is 0.948. The Bertz CT molecular complexity index is 674. The highest BCUT2D eigenvalue weighted by atomic mass is 35.5. The second kappa shape index (κ2) is 6.00. The lowest BCUT2D eigenvalue weighted by atomic mass is 10.1. The molecule has 3 rings (SSSR count). The van der Waals surface area contributed by atoms with Gasteiger partial charge >= 0.3 is 0 Å². The number of nitrogens with one attached hydrogen (secondary N) is 1. The third-order valence-electron chi connectivity index (χ3n) is 3.94. The number of pyridine rings is 1. The zero-order valence-electron chi connectivity index (χ0n) is 12.0. The second-order valence-corrected chi connectivity index (χ2v) is 5.93. The molecule has 21 heavy (non-hydrogen) atoms. The monoisotopic (exact) mass is 303 g/mol. The normalized spacial score (nSPS) is 18.4. The first-order chi connectivity index (χ1) is 10.2. The van der Waals surface area contributed by atoms with Gasteiger partial charge in [0.15, 0.2) is 0 Å². The molecule has 0 unspecified atom stereocenters. The average molecular weight is 304 g/mol. The molecular formula is C16H18ClN3O. The number of amides is 1. The van der Waals surface area contributed by atoms with Gasteiger partial charge in [0.2, 0.25) is 0 Å². The number of aromatic nitrogens is 1. The minimum absolute atomic E-state index is 0.00970. The van der Waals surface area contributed by atoms with Crippen LogP contribution < -0.4 is 5.32 Å². The minimum atomic E-state index is 0.00970. The van der Waals surface area contributed by atoms with Crippen LogP contribution >= 0.6 is 11.6 Å². The van der Waals surface area contributed by atoms with Gasteiger partial charge < -0.3 is 10.2 Å². The SMILES string of the molecule is CNC[C@@H]1CCN(C(=O)c2ccc3ccc(Cl)cc3n2)C1. The molecule has 110 valence electrons. The van der Waals surface area contributed by atoms with Gasteiger partial charge in [0.25, 0.3) is 5.91 Å². The molecule has 2 heterocycles. The van der Waals surface area contributed by atoms with E-state index in [2.05, 4.69) is 10.3 Å². The van der Waals surface area contributed by atoms with Crippen molar-refractivity contribution in [2.24, 2.45) is 5.92 Å². The first-order valence-corrected chi connectivity index (χ1v) is 7.55. The molecule has 1 atom stereocenters. The van der Waals surface area contributed by atoms with E-state index in [1.807, 2.05) is 30.1 Å². The van der Waals surface area contributed by atoms with E-state index in [-0.39, 0.29) is 5.91 Å². The van der Waals surface area contributed by atoms with Crippen LogP contribution in [-0.4, -0.2) is 42.5 Å². The predicted octanol–water partition coefficient (Wildman–Crippen LogP) is 2.57. The zero-order valence-corrected chi connectivity index (χ0v) is 12.7. The van der Waals surface area contributed by atoms with Crippen LogP contribution in [0.5, 0.6) is 0 Å². The van der Waals surface area contributed by atoms with Crippen LogP contribution in [0, 0.1) is 5.92 Å². The second-order valence-electron chi connectivity index (χ2n) is 5.50. The molecule has 0 radical (unpaired) electrons. The Morgan fingerprint density at radius 1 is 1.43 bits per heavy atom. The van der Waals surface area contributed by atoms with E-state index >= 15 is 0 Å². The third-order valence-corrected chi connectivity index (χ3v) is 4.17. The maximum atomic E-state index is 12.5. The number of carbonyl (C=O) groups is 1. The summed E-state index contributed by atoms with van der Waals surface area (Å²) in [5.41, 5.74) is 1.26. The van der Waals surface area contributed by atoms with E-state index in [1.165, 1.54) is 0 Å². The number of hydrogen-bond acceptors (Lipinski definition) is 3. The molecule has 5 heteroatoms. The molecule has 4 nitrogen and oxygen atoms in total. The number of nitrogens with zero attached hydrogens (tertiary/aromatic N) is 2. The molecule has 1 saturated heterocycles. The predicted molar refractivity (Wildman–Crippen MR) is 84.7 cm³/mol. The standard InChI is InChI=1S/C16H18ClN3O/c1-18-9-11-6-7-20(10-11)16(21)14-5-3-12-2-4-13(17)8-15(12)19-14/h2-5,8,11,18H,6-7,9-10H2,1H3/t11-/m0/s1. The van der Waals surface area contributed by atoms with Crippen LogP contribution in [0.15, 0.2) is 30.3 Å². The Morgan fingerprint density at radius 3 is 3.05 bits per heavy atom. The van der Waals surface area contributed by atoms with Gasteiger partial charge in [0.05, 0.1) is 5.52 Å². The van der Waals surface area contributed by atoms with Crippen molar-refractivity contribution in [3.8, 4) is 0 Å². The summed E-state index contributed by atoms with van der Waals surface area (Å²) in [4.78, 5) is 18.9. The van der Waals surface area contributed by atoms with E-state index in [0.717, 1.165) is 37.0 Å². The van der Waals surface area contributed by atoms with Gasteiger partial charge in [-0.3, -0.25) is 4.79 Å².